The van der Waals surface area contributed by atoms with Crippen molar-refractivity contribution in [2.24, 2.45) is 11.0 Å². The largest absolute Gasteiger partial charge is 0.481 e. The highest BCUT2D eigenvalue weighted by Crippen LogP contribution is 2.08. The van der Waals surface area contributed by atoms with Gasteiger partial charge < -0.3 is 71.3 Å². The molecule has 0 aliphatic rings. The lowest BCUT2D eigenvalue weighted by Crippen LogP contribution is -2.60. The van der Waals surface area contributed by atoms with Gasteiger partial charge in [0.05, 0.1) is 72.1 Å². The number of hydrogen-bond acceptors (Lipinski definition) is 15. The number of ether oxygens (including phenoxy) is 4. The zero-order valence-electron chi connectivity index (χ0n) is 33.9. The second-order valence-corrected chi connectivity index (χ2v) is 13.1. The molecule has 0 saturated heterocycles. The van der Waals surface area contributed by atoms with E-state index in [9.17, 15) is 63.3 Å². The Hall–Kier alpha value is -6.15. The molecule has 27 nitrogen and oxygen atoms in total. The van der Waals surface area contributed by atoms with Crippen LogP contribution in [0, 0.1) is 5.92 Å². The molecule has 0 spiro atoms. The zero-order chi connectivity index (χ0) is 46.3. The predicted molar refractivity (Wildman–Crippen MR) is 204 cm³/mol. The maximum atomic E-state index is 13.4. The van der Waals surface area contributed by atoms with E-state index in [0.29, 0.717) is 0 Å². The van der Waals surface area contributed by atoms with Gasteiger partial charge in [-0.05, 0) is 24.8 Å². The number of nitrogens with zero attached hydrogens (tertiary/aromatic N) is 3. The Morgan fingerprint density at radius 3 is 1.49 bits per heavy atom. The molecule has 0 bridgehead atoms. The van der Waals surface area contributed by atoms with Crippen LogP contribution in [0.4, 0.5) is 0 Å². The Labute approximate surface area is 348 Å². The van der Waals surface area contributed by atoms with Crippen molar-refractivity contribution in [3.8, 4) is 0 Å². The van der Waals surface area contributed by atoms with Crippen molar-refractivity contribution >= 4 is 59.3 Å². The summed E-state index contributed by atoms with van der Waals surface area (Å²) < 4.78 is 21.1. The van der Waals surface area contributed by atoms with E-state index >= 15 is 0 Å². The number of aliphatic carboxylic acids is 4. The lowest BCUT2D eigenvalue weighted by atomic mass is 10.0. The van der Waals surface area contributed by atoms with Crippen LogP contribution in [0.2, 0.25) is 0 Å². The van der Waals surface area contributed by atoms with Crippen molar-refractivity contribution in [1.82, 2.24) is 31.9 Å². The summed E-state index contributed by atoms with van der Waals surface area (Å²) in [6.07, 6.45) is -3.32. The maximum absolute atomic E-state index is 13.4. The Morgan fingerprint density at radius 2 is 1.00 bits per heavy atom. The van der Waals surface area contributed by atoms with Crippen molar-refractivity contribution in [3.63, 3.8) is 0 Å². The average Bonchev–Trinajstić information content (AvgIpc) is 3.17. The standard InChI is InChI=1S/C34H55N9O18/c1-19(2)29(42-31(54)21(4-5-25(45)46)40-33(56)22(16-27(49)50)39-24(44)18-37-43-35)34(57)41-23(17-28(51)52)32(55)38-20(3)30(53)36-7-9-59-11-13-61-15-14-60-12-10-58-8-6-26(47)48/h19-23,29H,4-18H2,1-3H3,(H,36,53)(H,38,55)(H,39,44)(H,40,56)(H,41,57)(H,42,54)(H,45,46)(H,47,48)(H,49,50)(H,51,52)/t20-,21?,22-,23?,29?/m0/s1. The summed E-state index contributed by atoms with van der Waals surface area (Å²) in [5, 5.41) is 52.9. The molecule has 0 aliphatic carbocycles. The second-order valence-electron chi connectivity index (χ2n) is 13.1. The van der Waals surface area contributed by atoms with E-state index in [4.69, 9.17) is 29.6 Å². The fourth-order valence-electron chi connectivity index (χ4n) is 4.66. The fourth-order valence-corrected chi connectivity index (χ4v) is 4.66. The lowest BCUT2D eigenvalue weighted by molar-refractivity contribution is -0.142. The molecule has 0 radical (unpaired) electrons. The van der Waals surface area contributed by atoms with Gasteiger partial charge in [-0.2, -0.15) is 0 Å². The molecule has 27 heteroatoms. The zero-order valence-corrected chi connectivity index (χ0v) is 33.9. The molecule has 0 aromatic carbocycles. The molecule has 10 N–H and O–H groups in total. The van der Waals surface area contributed by atoms with E-state index in [-0.39, 0.29) is 65.8 Å². The number of carboxylic acid groups (broad SMARTS) is 4. The third-order valence-electron chi connectivity index (χ3n) is 7.72. The number of rotatable bonds is 35. The molecule has 0 fully saturated rings. The maximum Gasteiger partial charge on any atom is 0.305 e. The van der Waals surface area contributed by atoms with Gasteiger partial charge in [0.25, 0.3) is 0 Å². The van der Waals surface area contributed by atoms with Gasteiger partial charge in [-0.15, -0.1) is 0 Å². The summed E-state index contributed by atoms with van der Waals surface area (Å²) in [4.78, 5) is 125. The van der Waals surface area contributed by atoms with Crippen LogP contribution in [-0.2, 0) is 66.9 Å². The van der Waals surface area contributed by atoms with Crippen LogP contribution in [0.3, 0.4) is 0 Å². The van der Waals surface area contributed by atoms with Crippen LogP contribution in [0.15, 0.2) is 5.11 Å². The second kappa shape index (κ2) is 31.7. The van der Waals surface area contributed by atoms with Crippen molar-refractivity contribution in [1.29, 1.82) is 0 Å². The van der Waals surface area contributed by atoms with E-state index in [2.05, 4.69) is 36.6 Å². The van der Waals surface area contributed by atoms with E-state index in [0.717, 1.165) is 0 Å². The molecule has 0 aromatic rings. The number of carbonyl (C=O) groups is 10. The van der Waals surface area contributed by atoms with Crippen LogP contribution in [-0.4, -0.2) is 176 Å². The summed E-state index contributed by atoms with van der Waals surface area (Å²) in [5.41, 5.74) is 8.41. The molecule has 61 heavy (non-hydrogen) atoms. The Kier molecular flexibility index (Phi) is 28.5. The number of nitrogens with one attached hydrogen (secondary N) is 6. The van der Waals surface area contributed by atoms with Gasteiger partial charge in [0.1, 0.15) is 36.8 Å². The summed E-state index contributed by atoms with van der Waals surface area (Å²) in [5.74, 6) is -12.4. The summed E-state index contributed by atoms with van der Waals surface area (Å²) >= 11 is 0. The van der Waals surface area contributed by atoms with Gasteiger partial charge >= 0.3 is 23.9 Å². The number of hydrogen-bond donors (Lipinski definition) is 10. The Bertz CT molecular complexity index is 1540. The molecule has 0 heterocycles. The first-order valence-corrected chi connectivity index (χ1v) is 18.8. The highest BCUT2D eigenvalue weighted by atomic mass is 16.6. The SMILES string of the molecule is CC(C)C(NC(=O)C(CCC(=O)O)NC(=O)[C@H](CC(=O)O)NC(=O)CN=[N+]=[N-])C(=O)NC(CC(=O)O)C(=O)N[C@@H](C)C(=O)NCCOCCOCCOCCOCCC(=O)O. The monoisotopic (exact) mass is 877 g/mol. The summed E-state index contributed by atoms with van der Waals surface area (Å²) in [7, 11) is 0. The first-order valence-electron chi connectivity index (χ1n) is 18.8. The molecule has 5 atom stereocenters. The van der Waals surface area contributed by atoms with Gasteiger partial charge in [0.2, 0.25) is 35.4 Å². The Balaban J connectivity index is 5.28. The topological polar surface area (TPSA) is 409 Å². The number of carbonyl (C=O) groups excluding carboxylic acids is 6. The molecule has 0 aliphatic heterocycles. The Morgan fingerprint density at radius 1 is 0.541 bits per heavy atom. The smallest absolute Gasteiger partial charge is 0.305 e. The third kappa shape index (κ3) is 27.3. The van der Waals surface area contributed by atoms with Crippen LogP contribution in [0.1, 0.15) is 52.9 Å². The van der Waals surface area contributed by atoms with Crippen molar-refractivity contribution in [2.45, 2.75) is 83.1 Å². The lowest BCUT2D eigenvalue weighted by Gasteiger charge is -2.28. The number of azide groups is 1. The quantitative estimate of drug-likeness (QED) is 0.0130. The van der Waals surface area contributed by atoms with Gasteiger partial charge in [-0.3, -0.25) is 47.9 Å². The highest BCUT2D eigenvalue weighted by Gasteiger charge is 2.34. The molecule has 0 aromatic heterocycles. The minimum absolute atomic E-state index is 0.0231. The van der Waals surface area contributed by atoms with E-state index in [1.807, 2.05) is 5.32 Å². The molecule has 3 unspecified atom stereocenters. The van der Waals surface area contributed by atoms with E-state index in [1.165, 1.54) is 20.8 Å². The molecular weight excluding hydrogens is 822 g/mol. The minimum atomic E-state index is -1.81. The molecule has 0 saturated carbocycles. The third-order valence-corrected chi connectivity index (χ3v) is 7.72. The normalized spacial score (nSPS) is 13.2. The first kappa shape index (κ1) is 54.8. The first-order chi connectivity index (χ1) is 28.8. The van der Waals surface area contributed by atoms with Crippen LogP contribution in [0.25, 0.3) is 10.4 Å². The molecular formula is C34H55N9O18. The summed E-state index contributed by atoms with van der Waals surface area (Å²) in [6, 6.07) is -8.04. The van der Waals surface area contributed by atoms with Crippen LogP contribution in [0.5, 0.6) is 0 Å². The fraction of sp³-hybridized carbons (Fsp3) is 0.706. The summed E-state index contributed by atoms with van der Waals surface area (Å²) in [6.45, 7) is 5.04. The minimum Gasteiger partial charge on any atom is -0.481 e. The van der Waals surface area contributed by atoms with Gasteiger partial charge in [0, 0.05) is 17.9 Å². The predicted octanol–water partition coefficient (Wildman–Crippen LogP) is -3.13. The molecule has 6 amide bonds. The molecule has 0 rings (SSSR count). The number of carboxylic acids is 4. The van der Waals surface area contributed by atoms with E-state index < -0.39 is 128 Å². The molecule has 344 valence electrons. The van der Waals surface area contributed by atoms with E-state index in [1.54, 1.807) is 0 Å². The van der Waals surface area contributed by atoms with Crippen molar-refractivity contribution < 1.29 is 87.3 Å². The average molecular weight is 878 g/mol. The highest BCUT2D eigenvalue weighted by molar-refractivity contribution is 5.98. The van der Waals surface area contributed by atoms with Crippen LogP contribution < -0.4 is 31.9 Å². The number of amides is 6. The van der Waals surface area contributed by atoms with Gasteiger partial charge in [0.15, 0.2) is 0 Å². The van der Waals surface area contributed by atoms with Gasteiger partial charge in [-0.1, -0.05) is 19.0 Å². The van der Waals surface area contributed by atoms with Crippen LogP contribution >= 0.6 is 0 Å². The van der Waals surface area contributed by atoms with Crippen molar-refractivity contribution in [3.05, 3.63) is 10.4 Å². The van der Waals surface area contributed by atoms with Crippen molar-refractivity contribution in [2.75, 3.05) is 65.9 Å². The van der Waals surface area contributed by atoms with Gasteiger partial charge in [-0.25, -0.2) is 0 Å².